The Hall–Kier alpha value is -1.65. The number of alkyl halides is 1. The van der Waals surface area contributed by atoms with E-state index in [0.29, 0.717) is 13.1 Å². The predicted octanol–water partition coefficient (Wildman–Crippen LogP) is 4.17. The molecule has 4 rings (SSSR count). The topological polar surface area (TPSA) is 23.6 Å². The minimum Gasteiger partial charge on any atom is -0.314 e. The van der Waals surface area contributed by atoms with Crippen LogP contribution < -0.4 is 0 Å². The van der Waals surface area contributed by atoms with E-state index in [1.165, 1.54) is 0 Å². The molecule has 2 amide bonds. The monoisotopic (exact) mass is 358 g/mol. The molecule has 0 N–H and O–H groups in total. The maximum absolute atomic E-state index is 13.1. The van der Waals surface area contributed by atoms with E-state index in [1.807, 2.05) is 46.2 Å². The van der Waals surface area contributed by atoms with Crippen LogP contribution in [0, 0.1) is 0 Å². The first kappa shape index (κ1) is 15.9. The van der Waals surface area contributed by atoms with Crippen molar-refractivity contribution in [3.05, 3.63) is 71.8 Å². The number of rotatable bonds is 4. The molecular formula is C19H19ClN2OS. The summed E-state index contributed by atoms with van der Waals surface area (Å²) in [6.45, 7) is 1.27. The minimum atomic E-state index is -0.0385. The first-order valence-corrected chi connectivity index (χ1v) is 9.63. The number of halogens is 1. The third-order valence-electron chi connectivity index (χ3n) is 4.73. The fourth-order valence-corrected chi connectivity index (χ4v) is 5.34. The van der Waals surface area contributed by atoms with Crippen molar-refractivity contribution in [2.75, 3.05) is 5.75 Å². The summed E-state index contributed by atoms with van der Waals surface area (Å²) in [6.07, 6.45) is 0. The van der Waals surface area contributed by atoms with Crippen molar-refractivity contribution in [3.63, 3.8) is 0 Å². The smallest absolute Gasteiger partial charge is 0.314 e. The number of benzene rings is 2. The molecule has 2 saturated heterocycles. The lowest BCUT2D eigenvalue weighted by molar-refractivity contribution is 0.181. The van der Waals surface area contributed by atoms with E-state index in [0.717, 1.165) is 16.9 Å². The average Bonchev–Trinajstić information content (AvgIpc) is 3.11. The van der Waals surface area contributed by atoms with Gasteiger partial charge in [0, 0.05) is 18.8 Å². The molecule has 2 fully saturated rings. The highest BCUT2D eigenvalue weighted by Crippen LogP contribution is 2.42. The number of amides is 2. The lowest BCUT2D eigenvalue weighted by Gasteiger charge is -2.24. The van der Waals surface area contributed by atoms with Crippen molar-refractivity contribution in [2.45, 2.75) is 29.9 Å². The summed E-state index contributed by atoms with van der Waals surface area (Å²) >= 11 is 8.30. The van der Waals surface area contributed by atoms with Crippen molar-refractivity contribution in [2.24, 2.45) is 0 Å². The molecule has 3 atom stereocenters. The quantitative estimate of drug-likeness (QED) is 0.605. The van der Waals surface area contributed by atoms with Crippen LogP contribution in [0.25, 0.3) is 0 Å². The Kier molecular flexibility index (Phi) is 4.42. The zero-order valence-electron chi connectivity index (χ0n) is 13.2. The minimum absolute atomic E-state index is 0.0385. The first-order valence-electron chi connectivity index (χ1n) is 8.15. The highest BCUT2D eigenvalue weighted by atomic mass is 35.5. The van der Waals surface area contributed by atoms with E-state index in [-0.39, 0.29) is 22.8 Å². The molecule has 3 nitrogen and oxygen atoms in total. The summed E-state index contributed by atoms with van der Waals surface area (Å²) in [7, 11) is 0. The van der Waals surface area contributed by atoms with E-state index < -0.39 is 0 Å². The van der Waals surface area contributed by atoms with E-state index in [9.17, 15) is 4.79 Å². The van der Waals surface area contributed by atoms with Crippen LogP contribution in [-0.4, -0.2) is 38.4 Å². The van der Waals surface area contributed by atoms with Crippen molar-refractivity contribution in [1.82, 2.24) is 9.80 Å². The Balaban J connectivity index is 1.59. The Morgan fingerprint density at radius 3 is 2.04 bits per heavy atom. The third-order valence-corrected chi connectivity index (χ3v) is 6.50. The second-order valence-electron chi connectivity index (χ2n) is 6.25. The standard InChI is InChI=1S/C19H19ClN2OS/c20-18-17-16(13-24-18)21(11-14-7-3-1-4-8-14)19(23)22(17)12-15-9-5-2-6-10-15/h1-10,16-18H,11-13H2/t16-,17-,18+/m1/s1. The molecule has 2 aromatic carbocycles. The molecule has 0 aromatic heterocycles. The van der Waals surface area contributed by atoms with E-state index >= 15 is 0 Å². The Morgan fingerprint density at radius 1 is 0.917 bits per heavy atom. The lowest BCUT2D eigenvalue weighted by atomic mass is 10.1. The van der Waals surface area contributed by atoms with Gasteiger partial charge in [0.2, 0.25) is 0 Å². The number of carbonyl (C=O) groups excluding carboxylic acids is 1. The fraction of sp³-hybridized carbons (Fsp3) is 0.316. The fourth-order valence-electron chi connectivity index (χ4n) is 3.54. The maximum atomic E-state index is 13.1. The van der Waals surface area contributed by atoms with Gasteiger partial charge in [-0.1, -0.05) is 60.7 Å². The number of fused-ring (bicyclic) bond motifs is 1. The van der Waals surface area contributed by atoms with Gasteiger partial charge in [0.15, 0.2) is 0 Å². The number of hydrogen-bond donors (Lipinski definition) is 0. The lowest BCUT2D eigenvalue weighted by Crippen LogP contribution is -2.38. The summed E-state index contributed by atoms with van der Waals surface area (Å²) in [5, 5.41) is 0. The van der Waals surface area contributed by atoms with Gasteiger partial charge in [0.25, 0.3) is 0 Å². The average molecular weight is 359 g/mol. The van der Waals surface area contributed by atoms with Crippen LogP contribution in [0.3, 0.4) is 0 Å². The van der Waals surface area contributed by atoms with Gasteiger partial charge >= 0.3 is 6.03 Å². The van der Waals surface area contributed by atoms with Crippen LogP contribution in [0.5, 0.6) is 0 Å². The van der Waals surface area contributed by atoms with E-state index in [2.05, 4.69) is 24.3 Å². The maximum Gasteiger partial charge on any atom is 0.321 e. The summed E-state index contributed by atoms with van der Waals surface area (Å²) in [6, 6.07) is 20.7. The zero-order valence-corrected chi connectivity index (χ0v) is 14.8. The van der Waals surface area contributed by atoms with E-state index in [1.54, 1.807) is 11.8 Å². The Labute approximate surface area is 151 Å². The van der Waals surface area contributed by atoms with Crippen molar-refractivity contribution in [3.8, 4) is 0 Å². The number of nitrogens with zero attached hydrogens (tertiary/aromatic N) is 2. The normalized spacial score (nSPS) is 26.0. The first-order chi connectivity index (χ1) is 11.7. The van der Waals surface area contributed by atoms with Crippen LogP contribution in [0.1, 0.15) is 11.1 Å². The molecule has 0 unspecified atom stereocenters. The second kappa shape index (κ2) is 6.69. The number of urea groups is 1. The van der Waals surface area contributed by atoms with Gasteiger partial charge in [0.1, 0.15) is 4.71 Å². The molecule has 24 heavy (non-hydrogen) atoms. The molecule has 0 saturated carbocycles. The van der Waals surface area contributed by atoms with Gasteiger partial charge in [-0.15, -0.1) is 23.4 Å². The van der Waals surface area contributed by atoms with Crippen LogP contribution in [0.15, 0.2) is 60.7 Å². The molecule has 0 aliphatic carbocycles. The molecule has 0 radical (unpaired) electrons. The molecule has 2 aromatic rings. The molecule has 2 aliphatic heterocycles. The molecule has 2 heterocycles. The molecule has 0 spiro atoms. The summed E-state index contributed by atoms with van der Waals surface area (Å²) in [5.41, 5.74) is 2.31. The number of thioether (sulfide) groups is 1. The molecule has 5 heteroatoms. The van der Waals surface area contributed by atoms with Crippen LogP contribution in [-0.2, 0) is 13.1 Å². The summed E-state index contributed by atoms with van der Waals surface area (Å²) < 4.78 is -0.0385. The molecule has 0 bridgehead atoms. The number of carbonyl (C=O) groups is 1. The summed E-state index contributed by atoms with van der Waals surface area (Å²) in [4.78, 5) is 17.0. The van der Waals surface area contributed by atoms with Crippen molar-refractivity contribution < 1.29 is 4.79 Å². The van der Waals surface area contributed by atoms with Gasteiger partial charge in [-0.25, -0.2) is 4.79 Å². The summed E-state index contributed by atoms with van der Waals surface area (Å²) in [5.74, 6) is 0.905. The highest BCUT2D eigenvalue weighted by Gasteiger charge is 2.52. The van der Waals surface area contributed by atoms with Crippen molar-refractivity contribution >= 4 is 29.4 Å². The van der Waals surface area contributed by atoms with Gasteiger partial charge in [0.05, 0.1) is 12.1 Å². The Bertz CT molecular complexity index is 712. The Morgan fingerprint density at radius 2 is 1.46 bits per heavy atom. The van der Waals surface area contributed by atoms with Gasteiger partial charge in [-0.3, -0.25) is 0 Å². The molecule has 2 aliphatic rings. The number of hydrogen-bond acceptors (Lipinski definition) is 2. The second-order valence-corrected chi connectivity index (χ2v) is 8.16. The van der Waals surface area contributed by atoms with Crippen LogP contribution in [0.2, 0.25) is 0 Å². The zero-order chi connectivity index (χ0) is 16.5. The van der Waals surface area contributed by atoms with Crippen molar-refractivity contribution in [1.29, 1.82) is 0 Å². The van der Waals surface area contributed by atoms with Crippen LogP contribution in [0.4, 0.5) is 4.79 Å². The SMILES string of the molecule is O=C1N(Cc2ccccc2)[C@@H]2[C@@H](CS[C@@H]2Cl)N1Cc1ccccc1. The highest BCUT2D eigenvalue weighted by molar-refractivity contribution is 8.01. The van der Waals surface area contributed by atoms with Gasteiger partial charge in [-0.05, 0) is 11.1 Å². The van der Waals surface area contributed by atoms with E-state index in [4.69, 9.17) is 11.6 Å². The molecular weight excluding hydrogens is 340 g/mol. The van der Waals surface area contributed by atoms with Crippen LogP contribution >= 0.6 is 23.4 Å². The largest absolute Gasteiger partial charge is 0.321 e. The third kappa shape index (κ3) is 2.89. The predicted molar refractivity (Wildman–Crippen MR) is 99.0 cm³/mol. The van der Waals surface area contributed by atoms with Gasteiger partial charge in [-0.2, -0.15) is 0 Å². The molecule has 124 valence electrons. The van der Waals surface area contributed by atoms with Gasteiger partial charge < -0.3 is 9.80 Å².